The smallest absolute Gasteiger partial charge is 0.261 e. The van der Waals surface area contributed by atoms with Gasteiger partial charge in [0.15, 0.2) is 0 Å². The number of hydrogen-bond acceptors (Lipinski definition) is 7. The number of rotatable bonds is 17. The van der Waals surface area contributed by atoms with Crippen LogP contribution in [-0.2, 0) is 0 Å². The topological polar surface area (TPSA) is 88.2 Å². The summed E-state index contributed by atoms with van der Waals surface area (Å²) in [6.07, 6.45) is 6.29. The van der Waals surface area contributed by atoms with Gasteiger partial charge in [-0.05, 0) is 86.1 Å². The highest BCUT2D eigenvalue weighted by atomic mass is 16.2. The SMILES string of the molecule is CN(C)CCN1C(=O)c2cccc3c(NCCCCCCNC(=O)c4ccc(N5CCN(CC=C(c6ccccc6)c6ccccc6)CC5)cc4)ccc(c23)C1=O. The van der Waals surface area contributed by atoms with Crippen LogP contribution in [0.1, 0.15) is 67.9 Å². The van der Waals surface area contributed by atoms with E-state index in [4.69, 9.17) is 0 Å². The van der Waals surface area contributed by atoms with Crippen molar-refractivity contribution < 1.29 is 14.4 Å². The molecule has 3 amide bonds. The van der Waals surface area contributed by atoms with Crippen molar-refractivity contribution in [1.29, 1.82) is 0 Å². The van der Waals surface area contributed by atoms with Gasteiger partial charge in [-0.2, -0.15) is 0 Å². The summed E-state index contributed by atoms with van der Waals surface area (Å²) in [6.45, 7) is 7.17. The van der Waals surface area contributed by atoms with E-state index >= 15 is 0 Å². The van der Waals surface area contributed by atoms with Crippen LogP contribution < -0.4 is 15.5 Å². The monoisotopic (exact) mass is 762 g/mol. The molecule has 0 unspecified atom stereocenters. The third-order valence-corrected chi connectivity index (χ3v) is 11.1. The molecule has 2 N–H and O–H groups in total. The molecule has 9 nitrogen and oxygen atoms in total. The van der Waals surface area contributed by atoms with E-state index in [-0.39, 0.29) is 17.7 Å². The maximum atomic E-state index is 13.3. The molecular weight excluding hydrogens is 709 g/mol. The van der Waals surface area contributed by atoms with Crippen molar-refractivity contribution in [3.05, 3.63) is 149 Å². The second-order valence-corrected chi connectivity index (χ2v) is 15.2. The van der Waals surface area contributed by atoms with E-state index in [2.05, 4.69) is 99.3 Å². The third-order valence-electron chi connectivity index (χ3n) is 11.1. The highest BCUT2D eigenvalue weighted by Gasteiger charge is 2.33. The van der Waals surface area contributed by atoms with E-state index in [1.54, 1.807) is 0 Å². The van der Waals surface area contributed by atoms with Gasteiger partial charge in [0.2, 0.25) is 0 Å². The fourth-order valence-corrected chi connectivity index (χ4v) is 7.80. The number of carbonyl (C=O) groups excluding carboxylic acids is 3. The van der Waals surface area contributed by atoms with Gasteiger partial charge in [0.25, 0.3) is 17.7 Å². The zero-order chi connectivity index (χ0) is 39.6. The first kappa shape index (κ1) is 39.5. The van der Waals surface area contributed by atoms with Gasteiger partial charge in [-0.25, -0.2) is 0 Å². The van der Waals surface area contributed by atoms with E-state index in [0.717, 1.165) is 87.1 Å². The summed E-state index contributed by atoms with van der Waals surface area (Å²) in [5, 5.41) is 8.26. The Kier molecular flexibility index (Phi) is 13.1. The van der Waals surface area contributed by atoms with Crippen LogP contribution in [0.25, 0.3) is 16.3 Å². The van der Waals surface area contributed by atoms with Crippen LogP contribution in [0.2, 0.25) is 0 Å². The number of nitrogens with one attached hydrogen (secondary N) is 2. The number of nitrogens with zero attached hydrogens (tertiary/aromatic N) is 4. The number of piperazine rings is 1. The first-order valence-electron chi connectivity index (χ1n) is 20.3. The maximum Gasteiger partial charge on any atom is 0.261 e. The number of hydrogen-bond donors (Lipinski definition) is 2. The minimum absolute atomic E-state index is 0.0342. The number of carbonyl (C=O) groups is 3. The molecule has 0 radical (unpaired) electrons. The Balaban J connectivity index is 0.808. The summed E-state index contributed by atoms with van der Waals surface area (Å²) in [7, 11) is 3.86. The number of amides is 3. The predicted octanol–water partition coefficient (Wildman–Crippen LogP) is 7.65. The highest BCUT2D eigenvalue weighted by Crippen LogP contribution is 2.34. The predicted molar refractivity (Wildman–Crippen MR) is 232 cm³/mol. The van der Waals surface area contributed by atoms with E-state index < -0.39 is 0 Å². The molecule has 57 heavy (non-hydrogen) atoms. The summed E-state index contributed by atoms with van der Waals surface area (Å²) in [5.41, 5.74) is 7.68. The molecule has 7 rings (SSSR count). The van der Waals surface area contributed by atoms with Crippen molar-refractivity contribution in [2.24, 2.45) is 0 Å². The normalized spacial score (nSPS) is 14.3. The summed E-state index contributed by atoms with van der Waals surface area (Å²) < 4.78 is 0. The molecule has 0 spiro atoms. The summed E-state index contributed by atoms with van der Waals surface area (Å²) in [6, 6.07) is 38.7. The first-order chi connectivity index (χ1) is 27.9. The van der Waals surface area contributed by atoms with Gasteiger partial charge in [0.1, 0.15) is 0 Å². The minimum Gasteiger partial charge on any atom is -0.385 e. The lowest BCUT2D eigenvalue weighted by Gasteiger charge is -2.35. The molecule has 0 atom stereocenters. The average Bonchev–Trinajstić information content (AvgIpc) is 3.25. The second-order valence-electron chi connectivity index (χ2n) is 15.2. The Morgan fingerprint density at radius 3 is 1.95 bits per heavy atom. The fraction of sp³-hybridized carbons (Fsp3) is 0.312. The van der Waals surface area contributed by atoms with Gasteiger partial charge < -0.3 is 20.4 Å². The van der Waals surface area contributed by atoms with E-state index in [9.17, 15) is 14.4 Å². The molecule has 5 aromatic carbocycles. The Morgan fingerprint density at radius 1 is 0.667 bits per heavy atom. The van der Waals surface area contributed by atoms with Gasteiger partial charge in [-0.1, -0.05) is 91.7 Å². The Bertz CT molecular complexity index is 2110. The summed E-state index contributed by atoms with van der Waals surface area (Å²) in [5.74, 6) is -0.492. The molecule has 2 aliphatic heterocycles. The molecule has 9 heteroatoms. The molecule has 0 aromatic heterocycles. The zero-order valence-corrected chi connectivity index (χ0v) is 33.3. The van der Waals surface area contributed by atoms with Crippen molar-refractivity contribution in [1.82, 2.24) is 20.0 Å². The fourth-order valence-electron chi connectivity index (χ4n) is 7.80. The Morgan fingerprint density at radius 2 is 1.30 bits per heavy atom. The van der Waals surface area contributed by atoms with Crippen molar-refractivity contribution >= 4 is 45.4 Å². The molecule has 0 bridgehead atoms. The van der Waals surface area contributed by atoms with Crippen LogP contribution in [0.15, 0.2) is 121 Å². The van der Waals surface area contributed by atoms with Gasteiger partial charge in [0, 0.05) is 97.7 Å². The molecule has 0 saturated carbocycles. The Labute approximate surface area is 337 Å². The highest BCUT2D eigenvalue weighted by molar-refractivity contribution is 6.26. The summed E-state index contributed by atoms with van der Waals surface area (Å²) in [4.78, 5) is 47.7. The molecule has 5 aromatic rings. The van der Waals surface area contributed by atoms with E-state index in [0.29, 0.717) is 36.3 Å². The van der Waals surface area contributed by atoms with Crippen molar-refractivity contribution in [2.75, 3.05) is 83.2 Å². The standard InChI is InChI=1S/C48H54N6O3/c1-51(2)30-35-54-47(56)42-19-13-18-41-44(25-24-43(45(41)42)48(54)57)49-27-11-3-4-12-28-50-46(55)38-20-22-39(23-21-38)53-33-31-52(32-34-53)29-26-40(36-14-7-5-8-15-36)37-16-9-6-10-17-37/h5-10,13-26,49H,3-4,11-12,27-35H2,1-2H3,(H,50,55). The van der Waals surface area contributed by atoms with Crippen LogP contribution >= 0.6 is 0 Å². The van der Waals surface area contributed by atoms with Crippen LogP contribution in [0.3, 0.4) is 0 Å². The van der Waals surface area contributed by atoms with E-state index in [1.165, 1.54) is 21.6 Å². The molecular formula is C48H54N6O3. The van der Waals surface area contributed by atoms with Gasteiger partial charge in [-0.15, -0.1) is 0 Å². The molecule has 1 saturated heterocycles. The molecule has 1 fully saturated rings. The largest absolute Gasteiger partial charge is 0.385 e. The molecule has 0 aliphatic carbocycles. The summed E-state index contributed by atoms with van der Waals surface area (Å²) >= 11 is 0. The quantitative estimate of drug-likeness (QED) is 0.0744. The van der Waals surface area contributed by atoms with E-state index in [1.807, 2.05) is 61.5 Å². The van der Waals surface area contributed by atoms with Crippen molar-refractivity contribution in [2.45, 2.75) is 25.7 Å². The maximum absolute atomic E-state index is 13.3. The molecule has 2 heterocycles. The number of likely N-dealkylation sites (N-methyl/N-ethyl adjacent to an activating group) is 1. The zero-order valence-electron chi connectivity index (χ0n) is 33.3. The lowest BCUT2D eigenvalue weighted by molar-refractivity contribution is 0.0601. The lowest BCUT2D eigenvalue weighted by atomic mass is 9.93. The number of anilines is 2. The Hall–Kier alpha value is -5.77. The van der Waals surface area contributed by atoms with Crippen LogP contribution in [0, 0.1) is 0 Å². The van der Waals surface area contributed by atoms with Crippen LogP contribution in [0.4, 0.5) is 11.4 Å². The van der Waals surface area contributed by atoms with Crippen LogP contribution in [-0.4, -0.2) is 105 Å². The number of benzene rings is 5. The van der Waals surface area contributed by atoms with Gasteiger partial charge in [0.05, 0.1) is 0 Å². The van der Waals surface area contributed by atoms with Gasteiger partial charge in [-0.3, -0.25) is 24.2 Å². The molecule has 2 aliphatic rings. The second kappa shape index (κ2) is 18.9. The minimum atomic E-state index is -0.229. The van der Waals surface area contributed by atoms with Crippen LogP contribution in [0.5, 0.6) is 0 Å². The average molecular weight is 763 g/mol. The molecule has 294 valence electrons. The third kappa shape index (κ3) is 9.62. The first-order valence-corrected chi connectivity index (χ1v) is 20.3. The number of unbranched alkanes of at least 4 members (excludes halogenated alkanes) is 3. The van der Waals surface area contributed by atoms with Crippen molar-refractivity contribution in [3.63, 3.8) is 0 Å². The number of imide groups is 1. The van der Waals surface area contributed by atoms with Crippen molar-refractivity contribution in [3.8, 4) is 0 Å². The van der Waals surface area contributed by atoms with Gasteiger partial charge >= 0.3 is 0 Å². The lowest BCUT2D eigenvalue weighted by Crippen LogP contribution is -2.46.